The number of halogens is 1. The van der Waals surface area contributed by atoms with Crippen LogP contribution in [-0.4, -0.2) is 6.54 Å². The van der Waals surface area contributed by atoms with Crippen LogP contribution in [0.1, 0.15) is 31.7 Å². The molecule has 1 rings (SSSR count). The highest BCUT2D eigenvalue weighted by Gasteiger charge is 2.14. The number of allylic oxidation sites excluding steroid dienone is 4. The van der Waals surface area contributed by atoms with Crippen LogP contribution in [0.25, 0.3) is 0 Å². The summed E-state index contributed by atoms with van der Waals surface area (Å²) in [6, 6.07) is 6.76. The van der Waals surface area contributed by atoms with Crippen molar-refractivity contribution in [1.82, 2.24) is 0 Å². The molecule has 0 spiro atoms. The Balaban J connectivity index is 3.08. The Labute approximate surface area is 103 Å². The van der Waals surface area contributed by atoms with Gasteiger partial charge in [-0.15, -0.1) is 0 Å². The second kappa shape index (κ2) is 7.02. The lowest BCUT2D eigenvalue weighted by atomic mass is 9.87. The van der Waals surface area contributed by atoms with Gasteiger partial charge in [0.2, 0.25) is 0 Å². The molecule has 0 aliphatic carbocycles. The first kappa shape index (κ1) is 13.7. The van der Waals surface area contributed by atoms with Crippen LogP contribution < -0.4 is 5.73 Å². The minimum atomic E-state index is -0.194. The number of nitrogens with two attached hydrogens (primary N) is 1. The van der Waals surface area contributed by atoms with Crippen molar-refractivity contribution in [3.05, 3.63) is 59.4 Å². The largest absolute Gasteiger partial charge is 0.330 e. The first-order valence-electron chi connectivity index (χ1n) is 5.97. The van der Waals surface area contributed by atoms with E-state index in [2.05, 4.69) is 12.2 Å². The number of benzene rings is 1. The highest BCUT2D eigenvalue weighted by atomic mass is 19.1. The summed E-state index contributed by atoms with van der Waals surface area (Å²) in [5.41, 5.74) is 7.82. The standard InChI is InChI=1S/C15H20FN/c1-3-6-12(4-2)15(9-10-17)13-7-5-8-14(16)11-13/h3-8,11,15H,9-10,17H2,1-2H3/b6-3-,12-4+. The molecule has 1 atom stereocenters. The molecular weight excluding hydrogens is 213 g/mol. The van der Waals surface area contributed by atoms with Gasteiger partial charge in [0.05, 0.1) is 0 Å². The Morgan fingerprint density at radius 3 is 2.71 bits per heavy atom. The number of hydrogen-bond donors (Lipinski definition) is 1. The molecule has 17 heavy (non-hydrogen) atoms. The SMILES string of the molecule is C/C=C\C(=C/C)C(CCN)c1cccc(F)c1. The van der Waals surface area contributed by atoms with E-state index in [1.807, 2.05) is 26.0 Å². The maximum atomic E-state index is 13.3. The minimum Gasteiger partial charge on any atom is -0.330 e. The van der Waals surface area contributed by atoms with Gasteiger partial charge in [0.25, 0.3) is 0 Å². The Bertz CT molecular complexity index is 407. The molecular formula is C15H20FN. The first-order chi connectivity index (χ1) is 8.22. The number of rotatable bonds is 5. The lowest BCUT2D eigenvalue weighted by Crippen LogP contribution is -2.09. The Morgan fingerprint density at radius 2 is 2.18 bits per heavy atom. The van der Waals surface area contributed by atoms with Crippen molar-refractivity contribution in [3.63, 3.8) is 0 Å². The van der Waals surface area contributed by atoms with Gasteiger partial charge in [-0.1, -0.05) is 30.4 Å². The quantitative estimate of drug-likeness (QED) is 0.769. The summed E-state index contributed by atoms with van der Waals surface area (Å²) < 4.78 is 13.3. The van der Waals surface area contributed by atoms with E-state index < -0.39 is 0 Å². The maximum absolute atomic E-state index is 13.3. The number of hydrogen-bond acceptors (Lipinski definition) is 1. The zero-order chi connectivity index (χ0) is 12.7. The molecule has 0 aliphatic heterocycles. The lowest BCUT2D eigenvalue weighted by Gasteiger charge is -2.18. The van der Waals surface area contributed by atoms with Gasteiger partial charge in [0.15, 0.2) is 0 Å². The lowest BCUT2D eigenvalue weighted by molar-refractivity contribution is 0.620. The van der Waals surface area contributed by atoms with Crippen LogP contribution in [0.15, 0.2) is 48.1 Å². The summed E-state index contributed by atoms with van der Waals surface area (Å²) in [5, 5.41) is 0. The summed E-state index contributed by atoms with van der Waals surface area (Å²) in [4.78, 5) is 0. The smallest absolute Gasteiger partial charge is 0.123 e. The first-order valence-corrected chi connectivity index (χ1v) is 5.97. The molecule has 1 aromatic rings. The van der Waals surface area contributed by atoms with Crippen molar-refractivity contribution < 1.29 is 4.39 Å². The fraction of sp³-hybridized carbons (Fsp3) is 0.333. The van der Waals surface area contributed by atoms with Crippen LogP contribution in [-0.2, 0) is 0 Å². The van der Waals surface area contributed by atoms with Gasteiger partial charge in [0.1, 0.15) is 5.82 Å². The zero-order valence-electron chi connectivity index (χ0n) is 10.5. The van der Waals surface area contributed by atoms with Crippen molar-refractivity contribution >= 4 is 0 Å². The Kier molecular flexibility index (Phi) is 5.64. The van der Waals surface area contributed by atoms with Gasteiger partial charge in [0, 0.05) is 5.92 Å². The molecule has 1 unspecified atom stereocenters. The van der Waals surface area contributed by atoms with Crippen LogP contribution in [0.5, 0.6) is 0 Å². The van der Waals surface area contributed by atoms with Gasteiger partial charge < -0.3 is 5.73 Å². The summed E-state index contributed by atoms with van der Waals surface area (Å²) in [5.74, 6) is -0.0163. The monoisotopic (exact) mass is 233 g/mol. The molecule has 0 bridgehead atoms. The van der Waals surface area contributed by atoms with Crippen LogP contribution in [0.3, 0.4) is 0 Å². The highest BCUT2D eigenvalue weighted by molar-refractivity contribution is 5.35. The second-order valence-corrected chi connectivity index (χ2v) is 3.97. The van der Waals surface area contributed by atoms with Crippen molar-refractivity contribution in [2.24, 2.45) is 5.73 Å². The molecule has 0 saturated carbocycles. The predicted molar refractivity (Wildman–Crippen MR) is 71.4 cm³/mol. The van der Waals surface area contributed by atoms with E-state index in [0.717, 1.165) is 12.0 Å². The highest BCUT2D eigenvalue weighted by Crippen LogP contribution is 2.28. The normalized spacial score (nSPS) is 14.2. The van der Waals surface area contributed by atoms with Crippen molar-refractivity contribution in [2.75, 3.05) is 6.54 Å². The van der Waals surface area contributed by atoms with Gasteiger partial charge in [-0.3, -0.25) is 0 Å². The average molecular weight is 233 g/mol. The summed E-state index contributed by atoms with van der Waals surface area (Å²) in [6.07, 6.45) is 6.95. The molecule has 2 N–H and O–H groups in total. The third-order valence-electron chi connectivity index (χ3n) is 2.80. The average Bonchev–Trinajstić information content (AvgIpc) is 2.33. The minimum absolute atomic E-state index is 0.178. The molecule has 0 fully saturated rings. The molecule has 0 amide bonds. The third-order valence-corrected chi connectivity index (χ3v) is 2.80. The molecule has 0 heterocycles. The second-order valence-electron chi connectivity index (χ2n) is 3.97. The summed E-state index contributed by atoms with van der Waals surface area (Å²) in [7, 11) is 0. The maximum Gasteiger partial charge on any atom is 0.123 e. The van der Waals surface area contributed by atoms with Crippen LogP contribution >= 0.6 is 0 Å². The van der Waals surface area contributed by atoms with Crippen LogP contribution in [0.2, 0.25) is 0 Å². The van der Waals surface area contributed by atoms with E-state index in [0.29, 0.717) is 6.54 Å². The van der Waals surface area contributed by atoms with Crippen molar-refractivity contribution in [2.45, 2.75) is 26.2 Å². The van der Waals surface area contributed by atoms with E-state index in [1.165, 1.54) is 11.6 Å². The van der Waals surface area contributed by atoms with E-state index in [9.17, 15) is 4.39 Å². The fourth-order valence-electron chi connectivity index (χ4n) is 2.02. The third kappa shape index (κ3) is 3.82. The van der Waals surface area contributed by atoms with E-state index >= 15 is 0 Å². The Morgan fingerprint density at radius 1 is 1.41 bits per heavy atom. The molecule has 0 aromatic heterocycles. The molecule has 0 aliphatic rings. The van der Waals surface area contributed by atoms with Crippen LogP contribution in [0, 0.1) is 5.82 Å². The molecule has 0 radical (unpaired) electrons. The molecule has 2 heteroatoms. The Hall–Kier alpha value is -1.41. The van der Waals surface area contributed by atoms with Crippen LogP contribution in [0.4, 0.5) is 4.39 Å². The van der Waals surface area contributed by atoms with Crippen molar-refractivity contribution in [3.8, 4) is 0 Å². The zero-order valence-corrected chi connectivity index (χ0v) is 10.5. The van der Waals surface area contributed by atoms with E-state index in [4.69, 9.17) is 5.73 Å². The van der Waals surface area contributed by atoms with Gasteiger partial charge in [-0.25, -0.2) is 4.39 Å². The van der Waals surface area contributed by atoms with Gasteiger partial charge >= 0.3 is 0 Å². The topological polar surface area (TPSA) is 26.0 Å². The fourth-order valence-corrected chi connectivity index (χ4v) is 2.02. The predicted octanol–water partition coefficient (Wildman–Crippen LogP) is 3.78. The van der Waals surface area contributed by atoms with Gasteiger partial charge in [-0.2, -0.15) is 0 Å². The van der Waals surface area contributed by atoms with Gasteiger partial charge in [-0.05, 0) is 50.1 Å². The summed E-state index contributed by atoms with van der Waals surface area (Å²) >= 11 is 0. The molecule has 1 nitrogen and oxygen atoms in total. The van der Waals surface area contributed by atoms with E-state index in [1.54, 1.807) is 12.1 Å². The van der Waals surface area contributed by atoms with Crippen molar-refractivity contribution in [1.29, 1.82) is 0 Å². The van der Waals surface area contributed by atoms with E-state index in [-0.39, 0.29) is 11.7 Å². The molecule has 92 valence electrons. The molecule has 0 saturated heterocycles. The summed E-state index contributed by atoms with van der Waals surface area (Å²) in [6.45, 7) is 4.57. The molecule has 1 aromatic carbocycles.